The Balaban J connectivity index is 2.86. The van der Waals surface area contributed by atoms with Crippen LogP contribution >= 0.6 is 0 Å². The molecular formula is C15H18FNO5. The minimum Gasteiger partial charge on any atom is -0.469 e. The second-order valence-electron chi connectivity index (χ2n) is 4.69. The normalized spacial score (nSPS) is 12.9. The molecule has 0 saturated carbocycles. The van der Waals surface area contributed by atoms with E-state index in [1.807, 2.05) is 0 Å². The number of carbonyl (C=O) groups is 3. The van der Waals surface area contributed by atoms with Crippen LogP contribution in [-0.2, 0) is 19.1 Å². The Morgan fingerprint density at radius 1 is 1.14 bits per heavy atom. The SMILES string of the molecule is COC(=O)[C@@H](C)C[C@@H](NC(=O)c1ccccc1F)C(=O)OC. The standard InChI is InChI=1S/C15H18FNO5/c1-9(14(19)21-2)8-12(15(20)22-3)17-13(18)10-6-4-5-7-11(10)16/h4-7,9,12H,8H2,1-3H3,(H,17,18)/t9-,12+/m0/s1. The number of methoxy groups -OCH3 is 2. The van der Waals surface area contributed by atoms with E-state index >= 15 is 0 Å². The van der Waals surface area contributed by atoms with E-state index in [0.717, 1.165) is 13.2 Å². The number of esters is 2. The van der Waals surface area contributed by atoms with Crippen LogP contribution in [0, 0.1) is 11.7 Å². The van der Waals surface area contributed by atoms with Crippen LogP contribution in [0.4, 0.5) is 4.39 Å². The van der Waals surface area contributed by atoms with Gasteiger partial charge in [-0.25, -0.2) is 9.18 Å². The molecule has 1 rings (SSSR count). The van der Waals surface area contributed by atoms with Gasteiger partial charge in [0.1, 0.15) is 11.9 Å². The number of benzene rings is 1. The first kappa shape index (κ1) is 17.6. The van der Waals surface area contributed by atoms with Gasteiger partial charge in [0.05, 0.1) is 25.7 Å². The highest BCUT2D eigenvalue weighted by Crippen LogP contribution is 2.12. The molecule has 0 fully saturated rings. The van der Waals surface area contributed by atoms with Crippen molar-refractivity contribution in [2.24, 2.45) is 5.92 Å². The Hall–Kier alpha value is -2.44. The minimum atomic E-state index is -1.08. The first-order chi connectivity index (χ1) is 10.4. The van der Waals surface area contributed by atoms with Gasteiger partial charge in [0.2, 0.25) is 0 Å². The minimum absolute atomic E-state index is 0.0143. The molecule has 22 heavy (non-hydrogen) atoms. The molecule has 0 bridgehead atoms. The molecule has 0 radical (unpaired) electrons. The maximum Gasteiger partial charge on any atom is 0.328 e. The average Bonchev–Trinajstić information content (AvgIpc) is 2.52. The Bertz CT molecular complexity index is 561. The molecule has 120 valence electrons. The monoisotopic (exact) mass is 311 g/mol. The Kier molecular flexibility index (Phi) is 6.49. The highest BCUT2D eigenvalue weighted by Gasteiger charge is 2.28. The molecule has 0 spiro atoms. The van der Waals surface area contributed by atoms with Crippen molar-refractivity contribution in [3.05, 3.63) is 35.6 Å². The van der Waals surface area contributed by atoms with Gasteiger partial charge < -0.3 is 14.8 Å². The van der Waals surface area contributed by atoms with Gasteiger partial charge in [-0.2, -0.15) is 0 Å². The van der Waals surface area contributed by atoms with Gasteiger partial charge in [-0.15, -0.1) is 0 Å². The smallest absolute Gasteiger partial charge is 0.328 e. The number of amides is 1. The van der Waals surface area contributed by atoms with Gasteiger partial charge in [0.15, 0.2) is 0 Å². The summed E-state index contributed by atoms with van der Waals surface area (Å²) in [5, 5.41) is 2.37. The maximum atomic E-state index is 13.6. The zero-order valence-corrected chi connectivity index (χ0v) is 12.6. The first-order valence-corrected chi connectivity index (χ1v) is 6.61. The quantitative estimate of drug-likeness (QED) is 0.801. The van der Waals surface area contributed by atoms with Crippen LogP contribution in [0.1, 0.15) is 23.7 Å². The molecule has 0 unspecified atom stereocenters. The second kappa shape index (κ2) is 8.11. The van der Waals surface area contributed by atoms with Gasteiger partial charge in [-0.05, 0) is 18.6 Å². The van der Waals surface area contributed by atoms with Crippen molar-refractivity contribution in [2.45, 2.75) is 19.4 Å². The Labute approximate surface area is 127 Å². The number of carbonyl (C=O) groups excluding carboxylic acids is 3. The second-order valence-corrected chi connectivity index (χ2v) is 4.69. The Morgan fingerprint density at radius 3 is 2.27 bits per heavy atom. The van der Waals surface area contributed by atoms with Crippen LogP contribution in [-0.4, -0.2) is 38.1 Å². The van der Waals surface area contributed by atoms with Crippen molar-refractivity contribution in [2.75, 3.05) is 14.2 Å². The van der Waals surface area contributed by atoms with Crippen molar-refractivity contribution in [3.8, 4) is 0 Å². The van der Waals surface area contributed by atoms with Gasteiger partial charge in [0.25, 0.3) is 5.91 Å². The topological polar surface area (TPSA) is 81.7 Å². The molecule has 0 aromatic heterocycles. The van der Waals surface area contributed by atoms with Gasteiger partial charge in [-0.3, -0.25) is 9.59 Å². The molecule has 6 nitrogen and oxygen atoms in total. The lowest BCUT2D eigenvalue weighted by atomic mass is 10.0. The zero-order chi connectivity index (χ0) is 16.7. The van der Waals surface area contributed by atoms with Gasteiger partial charge in [-0.1, -0.05) is 19.1 Å². The number of halogens is 1. The average molecular weight is 311 g/mol. The van der Waals surface area contributed by atoms with E-state index < -0.39 is 35.6 Å². The van der Waals surface area contributed by atoms with Crippen LogP contribution < -0.4 is 5.32 Å². The summed E-state index contributed by atoms with van der Waals surface area (Å²) in [6.07, 6.45) is -0.0143. The molecule has 0 aliphatic carbocycles. The lowest BCUT2D eigenvalue weighted by Gasteiger charge is -2.19. The fourth-order valence-corrected chi connectivity index (χ4v) is 1.89. The van der Waals surface area contributed by atoms with Crippen LogP contribution in [0.25, 0.3) is 0 Å². The predicted octanol–water partition coefficient (Wildman–Crippen LogP) is 1.30. The maximum absolute atomic E-state index is 13.6. The molecule has 7 heteroatoms. The van der Waals surface area contributed by atoms with Gasteiger partial charge in [0, 0.05) is 0 Å². The van der Waals surface area contributed by atoms with Crippen molar-refractivity contribution in [1.29, 1.82) is 0 Å². The van der Waals surface area contributed by atoms with Gasteiger partial charge >= 0.3 is 11.9 Å². The molecule has 0 aliphatic heterocycles. The summed E-state index contributed by atoms with van der Waals surface area (Å²) in [5.74, 6) is -3.33. The number of ether oxygens (including phenoxy) is 2. The van der Waals surface area contributed by atoms with E-state index in [-0.39, 0.29) is 12.0 Å². The summed E-state index contributed by atoms with van der Waals surface area (Å²) >= 11 is 0. The number of hydrogen-bond acceptors (Lipinski definition) is 5. The van der Waals surface area contributed by atoms with E-state index in [4.69, 9.17) is 0 Å². The summed E-state index contributed by atoms with van der Waals surface area (Å²) in [7, 11) is 2.39. The highest BCUT2D eigenvalue weighted by atomic mass is 19.1. The van der Waals surface area contributed by atoms with Crippen molar-refractivity contribution in [1.82, 2.24) is 5.32 Å². The molecule has 1 aromatic carbocycles. The third-order valence-electron chi connectivity index (χ3n) is 3.10. The van der Waals surface area contributed by atoms with Crippen molar-refractivity contribution >= 4 is 17.8 Å². The van der Waals surface area contributed by atoms with Crippen LogP contribution in [0.15, 0.2) is 24.3 Å². The summed E-state index contributed by atoms with van der Waals surface area (Å²) in [5.41, 5.74) is -0.192. The van der Waals surface area contributed by atoms with Crippen LogP contribution in [0.2, 0.25) is 0 Å². The molecule has 1 N–H and O–H groups in total. The summed E-state index contributed by atoms with van der Waals surface area (Å²) in [6, 6.07) is 4.30. The Morgan fingerprint density at radius 2 is 1.73 bits per heavy atom. The number of rotatable bonds is 6. The summed E-state index contributed by atoms with van der Waals surface area (Å²) in [4.78, 5) is 35.2. The molecule has 1 amide bonds. The summed E-state index contributed by atoms with van der Waals surface area (Å²) < 4.78 is 22.7. The number of hydrogen-bond donors (Lipinski definition) is 1. The van der Waals surface area contributed by atoms with E-state index in [1.165, 1.54) is 25.3 Å². The highest BCUT2D eigenvalue weighted by molar-refractivity contribution is 5.97. The largest absolute Gasteiger partial charge is 0.469 e. The van der Waals surface area contributed by atoms with E-state index in [9.17, 15) is 18.8 Å². The van der Waals surface area contributed by atoms with E-state index in [2.05, 4.69) is 14.8 Å². The summed E-state index contributed by atoms with van der Waals surface area (Å²) in [6.45, 7) is 1.55. The first-order valence-electron chi connectivity index (χ1n) is 6.61. The lowest BCUT2D eigenvalue weighted by Crippen LogP contribution is -2.43. The molecule has 2 atom stereocenters. The fraction of sp³-hybridized carbons (Fsp3) is 0.400. The number of nitrogens with one attached hydrogen (secondary N) is 1. The lowest BCUT2D eigenvalue weighted by molar-refractivity contribution is -0.147. The molecular weight excluding hydrogens is 293 g/mol. The molecule has 1 aromatic rings. The fourth-order valence-electron chi connectivity index (χ4n) is 1.89. The van der Waals surface area contributed by atoms with Crippen molar-refractivity contribution < 1.29 is 28.2 Å². The third kappa shape index (κ3) is 4.54. The van der Waals surface area contributed by atoms with Crippen LogP contribution in [0.5, 0.6) is 0 Å². The van der Waals surface area contributed by atoms with E-state index in [1.54, 1.807) is 6.92 Å². The van der Waals surface area contributed by atoms with E-state index in [0.29, 0.717) is 0 Å². The molecule has 0 heterocycles. The van der Waals surface area contributed by atoms with Crippen molar-refractivity contribution in [3.63, 3.8) is 0 Å². The third-order valence-corrected chi connectivity index (χ3v) is 3.10. The van der Waals surface area contributed by atoms with Crippen LogP contribution in [0.3, 0.4) is 0 Å². The molecule has 0 aliphatic rings. The molecule has 0 saturated heterocycles. The predicted molar refractivity (Wildman–Crippen MR) is 75.5 cm³/mol. The zero-order valence-electron chi connectivity index (χ0n) is 12.6.